The SMILES string of the molecule is CCCNCc1cccc(F)c1OCCN1CCNC1=O. The van der Waals surface area contributed by atoms with Crippen LogP contribution < -0.4 is 15.4 Å². The summed E-state index contributed by atoms with van der Waals surface area (Å²) in [5, 5.41) is 5.96. The summed E-state index contributed by atoms with van der Waals surface area (Å²) in [6.45, 7) is 5.61. The van der Waals surface area contributed by atoms with Gasteiger partial charge in [-0.2, -0.15) is 0 Å². The van der Waals surface area contributed by atoms with Gasteiger partial charge in [-0.15, -0.1) is 0 Å². The lowest BCUT2D eigenvalue weighted by molar-refractivity contribution is 0.200. The fourth-order valence-corrected chi connectivity index (χ4v) is 2.24. The number of hydrogen-bond donors (Lipinski definition) is 2. The van der Waals surface area contributed by atoms with Gasteiger partial charge in [0, 0.05) is 25.2 Å². The number of hydrogen-bond acceptors (Lipinski definition) is 3. The van der Waals surface area contributed by atoms with Crippen molar-refractivity contribution in [1.82, 2.24) is 15.5 Å². The van der Waals surface area contributed by atoms with Crippen molar-refractivity contribution in [2.45, 2.75) is 19.9 Å². The van der Waals surface area contributed by atoms with Crippen LogP contribution in [0.2, 0.25) is 0 Å². The summed E-state index contributed by atoms with van der Waals surface area (Å²) in [5.74, 6) is -0.0858. The third-order valence-corrected chi connectivity index (χ3v) is 3.34. The molecule has 116 valence electrons. The second kappa shape index (κ2) is 7.83. The first-order chi connectivity index (χ1) is 10.2. The Morgan fingerprint density at radius 3 is 3.05 bits per heavy atom. The van der Waals surface area contributed by atoms with E-state index in [1.807, 2.05) is 6.07 Å². The minimum Gasteiger partial charge on any atom is -0.488 e. The van der Waals surface area contributed by atoms with E-state index in [9.17, 15) is 9.18 Å². The number of urea groups is 1. The smallest absolute Gasteiger partial charge is 0.317 e. The van der Waals surface area contributed by atoms with E-state index in [1.54, 1.807) is 11.0 Å². The Morgan fingerprint density at radius 1 is 1.48 bits per heavy atom. The van der Waals surface area contributed by atoms with E-state index in [0.717, 1.165) is 18.5 Å². The molecule has 6 heteroatoms. The van der Waals surface area contributed by atoms with Crippen molar-refractivity contribution >= 4 is 6.03 Å². The predicted molar refractivity (Wildman–Crippen MR) is 78.9 cm³/mol. The minimum absolute atomic E-state index is 0.0861. The highest BCUT2D eigenvalue weighted by Gasteiger charge is 2.19. The summed E-state index contributed by atoms with van der Waals surface area (Å²) >= 11 is 0. The molecule has 2 N–H and O–H groups in total. The molecule has 0 aliphatic carbocycles. The van der Waals surface area contributed by atoms with Crippen LogP contribution in [0.5, 0.6) is 5.75 Å². The average molecular weight is 295 g/mol. The Kier molecular flexibility index (Phi) is 5.80. The van der Waals surface area contributed by atoms with E-state index >= 15 is 0 Å². The van der Waals surface area contributed by atoms with Gasteiger partial charge >= 0.3 is 6.03 Å². The second-order valence-electron chi connectivity index (χ2n) is 4.97. The minimum atomic E-state index is -0.364. The lowest BCUT2D eigenvalue weighted by Crippen LogP contribution is -2.32. The van der Waals surface area contributed by atoms with Gasteiger partial charge in [0.1, 0.15) is 6.61 Å². The van der Waals surface area contributed by atoms with Gasteiger partial charge in [0.05, 0.1) is 6.54 Å². The van der Waals surface area contributed by atoms with Crippen molar-refractivity contribution in [2.75, 3.05) is 32.8 Å². The van der Waals surface area contributed by atoms with Crippen molar-refractivity contribution < 1.29 is 13.9 Å². The van der Waals surface area contributed by atoms with Crippen LogP contribution in [0.3, 0.4) is 0 Å². The highest BCUT2D eigenvalue weighted by atomic mass is 19.1. The Hall–Kier alpha value is -1.82. The third kappa shape index (κ3) is 4.32. The van der Waals surface area contributed by atoms with Crippen LogP contribution in [-0.2, 0) is 6.54 Å². The molecule has 0 aromatic heterocycles. The van der Waals surface area contributed by atoms with Crippen LogP contribution in [-0.4, -0.2) is 43.7 Å². The van der Waals surface area contributed by atoms with E-state index in [2.05, 4.69) is 17.6 Å². The van der Waals surface area contributed by atoms with Crippen LogP contribution in [0, 0.1) is 5.82 Å². The van der Waals surface area contributed by atoms with Crippen LogP contribution in [0.15, 0.2) is 18.2 Å². The molecule has 0 saturated carbocycles. The highest BCUT2D eigenvalue weighted by molar-refractivity contribution is 5.76. The maximum absolute atomic E-state index is 13.9. The van der Waals surface area contributed by atoms with E-state index in [0.29, 0.717) is 26.2 Å². The first-order valence-electron chi connectivity index (χ1n) is 7.36. The first-order valence-corrected chi connectivity index (χ1v) is 7.36. The fourth-order valence-electron chi connectivity index (χ4n) is 2.24. The van der Waals surface area contributed by atoms with E-state index in [4.69, 9.17) is 4.74 Å². The molecule has 2 amide bonds. The summed E-state index contributed by atoms with van der Waals surface area (Å²) in [4.78, 5) is 13.1. The van der Waals surface area contributed by atoms with E-state index in [-0.39, 0.29) is 24.2 Å². The topological polar surface area (TPSA) is 53.6 Å². The van der Waals surface area contributed by atoms with Gasteiger partial charge in [-0.1, -0.05) is 19.1 Å². The molecule has 5 nitrogen and oxygen atoms in total. The van der Waals surface area contributed by atoms with Crippen molar-refractivity contribution in [2.24, 2.45) is 0 Å². The van der Waals surface area contributed by atoms with E-state index < -0.39 is 0 Å². The van der Waals surface area contributed by atoms with Crippen LogP contribution in [0.4, 0.5) is 9.18 Å². The summed E-state index contributed by atoms with van der Waals surface area (Å²) in [7, 11) is 0. The molecule has 0 spiro atoms. The summed E-state index contributed by atoms with van der Waals surface area (Å²) in [6.07, 6.45) is 1.02. The molecule has 0 unspecified atom stereocenters. The Bertz CT molecular complexity index is 482. The number of amides is 2. The van der Waals surface area contributed by atoms with Gasteiger partial charge in [-0.3, -0.25) is 0 Å². The van der Waals surface area contributed by atoms with Crippen molar-refractivity contribution in [1.29, 1.82) is 0 Å². The number of nitrogens with one attached hydrogen (secondary N) is 2. The molecule has 0 atom stereocenters. The zero-order valence-corrected chi connectivity index (χ0v) is 12.3. The third-order valence-electron chi connectivity index (χ3n) is 3.34. The van der Waals surface area contributed by atoms with E-state index in [1.165, 1.54) is 6.07 Å². The second-order valence-corrected chi connectivity index (χ2v) is 4.97. The number of rotatable bonds is 8. The van der Waals surface area contributed by atoms with Gasteiger partial charge in [0.15, 0.2) is 11.6 Å². The molecular formula is C15H22FN3O2. The molecular weight excluding hydrogens is 273 g/mol. The Balaban J connectivity index is 1.90. The average Bonchev–Trinajstić information content (AvgIpc) is 2.87. The highest BCUT2D eigenvalue weighted by Crippen LogP contribution is 2.22. The molecule has 21 heavy (non-hydrogen) atoms. The number of ether oxygens (including phenoxy) is 1. The zero-order chi connectivity index (χ0) is 15.1. The standard InChI is InChI=1S/C15H22FN3O2/c1-2-6-17-11-12-4-3-5-13(16)14(12)21-10-9-19-8-7-18-15(19)20/h3-5,17H,2,6-11H2,1H3,(H,18,20). The summed E-state index contributed by atoms with van der Waals surface area (Å²) < 4.78 is 19.5. The van der Waals surface area contributed by atoms with Gasteiger partial charge in [-0.25, -0.2) is 9.18 Å². The first kappa shape index (κ1) is 15.6. The van der Waals surface area contributed by atoms with Crippen LogP contribution in [0.1, 0.15) is 18.9 Å². The maximum Gasteiger partial charge on any atom is 0.317 e. The summed E-state index contributed by atoms with van der Waals surface area (Å²) in [5.41, 5.74) is 0.800. The van der Waals surface area contributed by atoms with Crippen molar-refractivity contribution in [3.8, 4) is 5.75 Å². The number of halogens is 1. The number of benzene rings is 1. The molecule has 1 aliphatic rings. The lowest BCUT2D eigenvalue weighted by Gasteiger charge is -2.16. The Labute approximate surface area is 124 Å². The van der Waals surface area contributed by atoms with Crippen molar-refractivity contribution in [3.05, 3.63) is 29.6 Å². The van der Waals surface area contributed by atoms with Gasteiger partial charge in [-0.05, 0) is 19.0 Å². The molecule has 1 saturated heterocycles. The quantitative estimate of drug-likeness (QED) is 0.718. The lowest BCUT2D eigenvalue weighted by atomic mass is 10.2. The molecule has 1 aliphatic heterocycles. The number of carbonyl (C=O) groups is 1. The maximum atomic E-state index is 13.9. The van der Waals surface area contributed by atoms with Crippen LogP contribution in [0.25, 0.3) is 0 Å². The fraction of sp³-hybridized carbons (Fsp3) is 0.533. The molecule has 0 bridgehead atoms. The number of para-hydroxylation sites is 1. The zero-order valence-electron chi connectivity index (χ0n) is 12.3. The van der Waals surface area contributed by atoms with Gasteiger partial charge in [0.25, 0.3) is 0 Å². The number of carbonyl (C=O) groups excluding carboxylic acids is 1. The Morgan fingerprint density at radius 2 is 2.33 bits per heavy atom. The molecule has 0 radical (unpaired) electrons. The summed E-state index contributed by atoms with van der Waals surface area (Å²) in [6, 6.07) is 4.83. The molecule has 1 aromatic rings. The molecule has 1 aromatic carbocycles. The van der Waals surface area contributed by atoms with Crippen molar-refractivity contribution in [3.63, 3.8) is 0 Å². The number of nitrogens with zero attached hydrogens (tertiary/aromatic N) is 1. The largest absolute Gasteiger partial charge is 0.488 e. The monoisotopic (exact) mass is 295 g/mol. The normalized spacial score (nSPS) is 14.4. The molecule has 1 heterocycles. The molecule has 2 rings (SSSR count). The molecule has 1 fully saturated rings. The van der Waals surface area contributed by atoms with Crippen LogP contribution >= 0.6 is 0 Å². The van der Waals surface area contributed by atoms with Gasteiger partial charge < -0.3 is 20.3 Å². The van der Waals surface area contributed by atoms with Gasteiger partial charge in [0.2, 0.25) is 0 Å². The predicted octanol–water partition coefficient (Wildman–Crippen LogP) is 1.73.